The Hall–Kier alpha value is -5.71. The Morgan fingerprint density at radius 3 is 1.13 bits per heavy atom. The second-order valence-corrected chi connectivity index (χ2v) is 10.3. The Morgan fingerprint density at radius 2 is 0.826 bits per heavy atom. The number of carbonyl (C=O) groups is 4. The largest absolute Gasteiger partial charge is 0.423 e. The van der Waals surface area contributed by atoms with Crippen LogP contribution in [0.25, 0.3) is 22.3 Å². The lowest BCUT2D eigenvalue weighted by Crippen LogP contribution is -2.11. The van der Waals surface area contributed by atoms with E-state index in [9.17, 15) is 32.3 Å². The summed E-state index contributed by atoms with van der Waals surface area (Å²) in [5.41, 5.74) is -1.30. The predicted octanol–water partition coefficient (Wildman–Crippen LogP) is 7.97. The SMILES string of the molecule is C=C(C)C(=O)Oc1cc(OC(=O)C(=C)C)cc(-c2ccc(-c3cc(OC(=O)C(=C)C)cc(OC(=O)C(=C)C)c3)c(C(F)(F)F)c2)c1. The van der Waals surface area contributed by atoms with E-state index in [4.69, 9.17) is 18.9 Å². The first-order valence-corrected chi connectivity index (χ1v) is 13.4. The van der Waals surface area contributed by atoms with Gasteiger partial charge >= 0.3 is 30.1 Å². The van der Waals surface area contributed by atoms with Crippen LogP contribution in [-0.4, -0.2) is 23.9 Å². The number of carbonyl (C=O) groups excluding carboxylic acids is 4. The van der Waals surface area contributed by atoms with Gasteiger partial charge < -0.3 is 18.9 Å². The minimum Gasteiger partial charge on any atom is -0.423 e. The van der Waals surface area contributed by atoms with E-state index in [1.54, 1.807) is 0 Å². The molecule has 0 radical (unpaired) electrons. The molecule has 0 saturated carbocycles. The van der Waals surface area contributed by atoms with Gasteiger partial charge in [-0.25, -0.2) is 19.2 Å². The van der Waals surface area contributed by atoms with Gasteiger partial charge in [-0.3, -0.25) is 0 Å². The number of hydrogen-bond acceptors (Lipinski definition) is 8. The van der Waals surface area contributed by atoms with Crippen LogP contribution in [0.2, 0.25) is 0 Å². The summed E-state index contributed by atoms with van der Waals surface area (Å²) in [5.74, 6) is -3.97. The van der Waals surface area contributed by atoms with Gasteiger partial charge in [0.1, 0.15) is 23.0 Å². The highest BCUT2D eigenvalue weighted by molar-refractivity contribution is 5.92. The summed E-state index contributed by atoms with van der Waals surface area (Å²) < 4.78 is 64.8. The molecule has 0 amide bonds. The van der Waals surface area contributed by atoms with Gasteiger partial charge in [-0.2, -0.15) is 13.2 Å². The lowest BCUT2D eigenvalue weighted by molar-refractivity contribution is -0.137. The number of alkyl halides is 3. The van der Waals surface area contributed by atoms with Gasteiger partial charge in [0.05, 0.1) is 5.56 Å². The van der Waals surface area contributed by atoms with Crippen LogP contribution in [0, 0.1) is 0 Å². The maximum absolute atomic E-state index is 14.6. The average molecular weight is 635 g/mol. The second-order valence-electron chi connectivity index (χ2n) is 10.3. The zero-order valence-corrected chi connectivity index (χ0v) is 25.4. The summed E-state index contributed by atoms with van der Waals surface area (Å²) in [5, 5.41) is 0. The molecule has 238 valence electrons. The van der Waals surface area contributed by atoms with Gasteiger partial charge in [0.15, 0.2) is 0 Å². The van der Waals surface area contributed by atoms with E-state index in [2.05, 4.69) is 26.3 Å². The van der Waals surface area contributed by atoms with E-state index in [1.165, 1.54) is 70.2 Å². The molecule has 3 rings (SSSR count). The molecule has 0 N–H and O–H groups in total. The van der Waals surface area contributed by atoms with Gasteiger partial charge in [0.25, 0.3) is 0 Å². The van der Waals surface area contributed by atoms with Crippen molar-refractivity contribution in [1.82, 2.24) is 0 Å². The zero-order chi connectivity index (χ0) is 34.5. The van der Waals surface area contributed by atoms with Gasteiger partial charge in [-0.15, -0.1) is 0 Å². The fraction of sp³-hybridized carbons (Fsp3) is 0.143. The van der Waals surface area contributed by atoms with Gasteiger partial charge in [0, 0.05) is 34.4 Å². The number of ether oxygens (including phenoxy) is 4. The van der Waals surface area contributed by atoms with E-state index >= 15 is 0 Å². The van der Waals surface area contributed by atoms with Crippen molar-refractivity contribution in [2.24, 2.45) is 0 Å². The quantitative estimate of drug-likeness (QED) is 0.126. The smallest absolute Gasteiger partial charge is 0.417 e. The maximum atomic E-state index is 14.6. The highest BCUT2D eigenvalue weighted by Gasteiger charge is 2.34. The Labute approximate surface area is 263 Å². The molecule has 8 nitrogen and oxygen atoms in total. The van der Waals surface area contributed by atoms with Gasteiger partial charge in [-0.1, -0.05) is 38.4 Å². The highest BCUT2D eigenvalue weighted by Crippen LogP contribution is 2.42. The predicted molar refractivity (Wildman–Crippen MR) is 164 cm³/mol. The molecule has 0 heterocycles. The molecule has 11 heteroatoms. The first-order valence-electron chi connectivity index (χ1n) is 13.4. The number of benzene rings is 3. The molecule has 0 atom stereocenters. The fourth-order valence-electron chi connectivity index (χ4n) is 3.69. The molecular formula is C35H29F3O8. The topological polar surface area (TPSA) is 105 Å². The fourth-order valence-corrected chi connectivity index (χ4v) is 3.69. The van der Waals surface area contributed by atoms with E-state index in [0.29, 0.717) is 0 Å². The van der Waals surface area contributed by atoms with Gasteiger partial charge in [-0.05, 0) is 80.3 Å². The monoisotopic (exact) mass is 634 g/mol. The summed E-state index contributed by atoms with van der Waals surface area (Å²) in [6, 6.07) is 10.7. The molecule has 0 aliphatic rings. The standard InChI is InChI=1S/C35H29F3O8/c1-18(2)31(39)43-25-11-23(12-26(16-25)44-32(40)19(3)4)22-9-10-29(30(15-22)35(36,37)38)24-13-27(45-33(41)20(5)6)17-28(14-24)46-34(42)21(7)8/h9-17H,1,3,5,7H2,2,4,6,8H3. The molecule has 0 fully saturated rings. The van der Waals surface area contributed by atoms with Crippen molar-refractivity contribution >= 4 is 23.9 Å². The number of rotatable bonds is 10. The van der Waals surface area contributed by atoms with E-state index in [0.717, 1.165) is 12.1 Å². The Kier molecular flexibility index (Phi) is 10.5. The molecule has 0 aliphatic carbocycles. The van der Waals surface area contributed by atoms with Crippen molar-refractivity contribution in [2.45, 2.75) is 33.9 Å². The zero-order valence-electron chi connectivity index (χ0n) is 25.4. The minimum atomic E-state index is -4.91. The molecule has 0 aliphatic heterocycles. The minimum absolute atomic E-state index is 0.00993. The molecular weight excluding hydrogens is 605 g/mol. The van der Waals surface area contributed by atoms with Crippen molar-refractivity contribution in [3.63, 3.8) is 0 Å². The van der Waals surface area contributed by atoms with Crippen molar-refractivity contribution in [3.8, 4) is 45.3 Å². The van der Waals surface area contributed by atoms with Crippen molar-refractivity contribution in [2.75, 3.05) is 0 Å². The molecule has 3 aromatic rings. The third kappa shape index (κ3) is 8.91. The molecule has 3 aromatic carbocycles. The van der Waals surface area contributed by atoms with Crippen LogP contribution in [0.15, 0.2) is 103 Å². The molecule has 0 bridgehead atoms. The summed E-state index contributed by atoms with van der Waals surface area (Å²) in [4.78, 5) is 48.8. The molecule has 0 aromatic heterocycles. The molecule has 0 saturated heterocycles. The van der Waals surface area contributed by atoms with Crippen molar-refractivity contribution in [1.29, 1.82) is 0 Å². The summed E-state index contributed by atoms with van der Waals surface area (Å²) in [7, 11) is 0. The van der Waals surface area contributed by atoms with Crippen molar-refractivity contribution < 1.29 is 51.3 Å². The first-order chi connectivity index (χ1) is 21.3. The van der Waals surface area contributed by atoms with Crippen LogP contribution < -0.4 is 18.9 Å². The summed E-state index contributed by atoms with van der Waals surface area (Å²) >= 11 is 0. The first kappa shape index (κ1) is 34.8. The van der Waals surface area contributed by atoms with E-state index < -0.39 is 35.6 Å². The maximum Gasteiger partial charge on any atom is 0.417 e. The van der Waals surface area contributed by atoms with Crippen LogP contribution >= 0.6 is 0 Å². The third-order valence-corrected chi connectivity index (χ3v) is 5.97. The van der Waals surface area contributed by atoms with Gasteiger partial charge in [0.2, 0.25) is 0 Å². The number of hydrogen-bond donors (Lipinski definition) is 0. The second kappa shape index (κ2) is 13.9. The van der Waals surface area contributed by atoms with Crippen LogP contribution in [0.4, 0.5) is 13.2 Å². The van der Waals surface area contributed by atoms with Crippen molar-refractivity contribution in [3.05, 3.63) is 109 Å². The van der Waals surface area contributed by atoms with Crippen LogP contribution in [0.3, 0.4) is 0 Å². The number of esters is 4. The van der Waals surface area contributed by atoms with Crippen LogP contribution in [-0.2, 0) is 25.4 Å². The Morgan fingerprint density at radius 1 is 0.500 bits per heavy atom. The van der Waals surface area contributed by atoms with E-state index in [1.807, 2.05) is 0 Å². The van der Waals surface area contributed by atoms with Crippen LogP contribution in [0.5, 0.6) is 23.0 Å². The molecule has 0 unspecified atom stereocenters. The Balaban J connectivity index is 2.23. The summed E-state index contributed by atoms with van der Waals surface area (Å²) in [6.45, 7) is 19.6. The normalized spacial score (nSPS) is 10.8. The van der Waals surface area contributed by atoms with E-state index in [-0.39, 0.29) is 67.5 Å². The average Bonchev–Trinajstić information content (AvgIpc) is 2.95. The molecule has 46 heavy (non-hydrogen) atoms. The highest BCUT2D eigenvalue weighted by atomic mass is 19.4. The third-order valence-electron chi connectivity index (χ3n) is 5.97. The Bertz CT molecular complexity index is 1720. The lowest BCUT2D eigenvalue weighted by Gasteiger charge is -2.17. The lowest BCUT2D eigenvalue weighted by atomic mass is 9.94. The van der Waals surface area contributed by atoms with Crippen LogP contribution in [0.1, 0.15) is 33.3 Å². The number of halogens is 3. The molecule has 0 spiro atoms. The summed E-state index contributed by atoms with van der Waals surface area (Å²) in [6.07, 6.45) is -4.91.